The summed E-state index contributed by atoms with van der Waals surface area (Å²) in [5.41, 5.74) is 0. The van der Waals surface area contributed by atoms with Crippen molar-refractivity contribution >= 4 is 47.4 Å². The molecule has 3 aliphatic heterocycles. The molecule has 7 N–H and O–H groups in total. The maximum atomic E-state index is 13.5. The summed E-state index contributed by atoms with van der Waals surface area (Å²) in [6, 6.07) is -6.42. The lowest BCUT2D eigenvalue weighted by Gasteiger charge is -2.31. The van der Waals surface area contributed by atoms with E-state index in [0.717, 1.165) is 11.3 Å². The molecule has 0 aromatic heterocycles. The third-order valence-corrected chi connectivity index (χ3v) is 8.81. The van der Waals surface area contributed by atoms with Crippen molar-refractivity contribution in [3.05, 3.63) is 0 Å². The van der Waals surface area contributed by atoms with Crippen molar-refractivity contribution in [3.63, 3.8) is 0 Å². The van der Waals surface area contributed by atoms with Crippen molar-refractivity contribution in [2.24, 2.45) is 5.92 Å². The van der Waals surface area contributed by atoms with Gasteiger partial charge in [-0.25, -0.2) is 4.79 Å². The second kappa shape index (κ2) is 17.0. The molecular weight excluding hydrogens is 620 g/mol. The van der Waals surface area contributed by atoms with Crippen LogP contribution in [0.25, 0.3) is 0 Å². The molecule has 0 aliphatic carbocycles. The number of aliphatic carboxylic acids is 3. The molecule has 5 amide bonds. The van der Waals surface area contributed by atoms with E-state index in [1.807, 2.05) is 0 Å². The number of rotatable bonds is 16. The van der Waals surface area contributed by atoms with Crippen LogP contribution in [0.15, 0.2) is 0 Å². The first-order chi connectivity index (χ1) is 22.2. The molecule has 3 fully saturated rings. The van der Waals surface area contributed by atoms with E-state index < -0.39 is 96.9 Å². The topological polar surface area (TPSA) is 252 Å². The fourth-order valence-corrected chi connectivity index (χ4v) is 6.27. The van der Waals surface area contributed by atoms with Gasteiger partial charge in [-0.1, -0.05) is 13.8 Å². The van der Waals surface area contributed by atoms with Crippen LogP contribution in [-0.2, 0) is 38.4 Å². The van der Waals surface area contributed by atoms with Gasteiger partial charge in [0.25, 0.3) is 0 Å². The Morgan fingerprint density at radius 1 is 0.723 bits per heavy atom. The summed E-state index contributed by atoms with van der Waals surface area (Å²) in [5.74, 6) is -7.55. The van der Waals surface area contributed by atoms with E-state index in [0.29, 0.717) is 38.8 Å². The van der Waals surface area contributed by atoms with Crippen LogP contribution in [0.2, 0.25) is 0 Å². The molecule has 3 aliphatic rings. The van der Waals surface area contributed by atoms with Crippen LogP contribution in [0.4, 0.5) is 0 Å². The number of hydrogen-bond acceptors (Lipinski definition) is 9. The van der Waals surface area contributed by atoms with Gasteiger partial charge in [-0.05, 0) is 63.8 Å². The van der Waals surface area contributed by atoms with Gasteiger partial charge in [0.15, 0.2) is 0 Å². The van der Waals surface area contributed by atoms with Gasteiger partial charge >= 0.3 is 17.9 Å². The van der Waals surface area contributed by atoms with Gasteiger partial charge in [-0.3, -0.25) is 33.6 Å². The molecule has 3 heterocycles. The molecule has 17 heteroatoms. The van der Waals surface area contributed by atoms with Gasteiger partial charge in [0.1, 0.15) is 30.2 Å². The number of hydrogen-bond donors (Lipinski definition) is 7. The van der Waals surface area contributed by atoms with Gasteiger partial charge < -0.3 is 46.4 Å². The Kier molecular flexibility index (Phi) is 13.5. The average Bonchev–Trinajstić information content (AvgIpc) is 3.80. The summed E-state index contributed by atoms with van der Waals surface area (Å²) in [5, 5.41) is 38.7. The monoisotopic (exact) mass is 666 g/mol. The first-order valence-corrected chi connectivity index (χ1v) is 16.1. The minimum atomic E-state index is -1.50. The number of carbonyl (C=O) groups excluding carboxylic acids is 5. The van der Waals surface area contributed by atoms with E-state index in [1.165, 1.54) is 4.90 Å². The number of likely N-dealkylation sites (tertiary alicyclic amines) is 2. The van der Waals surface area contributed by atoms with Gasteiger partial charge in [0.2, 0.25) is 29.5 Å². The summed E-state index contributed by atoms with van der Waals surface area (Å²) in [6.45, 7) is 4.52. The Bertz CT molecular complexity index is 1220. The van der Waals surface area contributed by atoms with Gasteiger partial charge in [-0.15, -0.1) is 0 Å². The van der Waals surface area contributed by atoms with E-state index in [1.54, 1.807) is 13.8 Å². The Labute approximate surface area is 272 Å². The minimum Gasteiger partial charge on any atom is -0.481 e. The van der Waals surface area contributed by atoms with Crippen molar-refractivity contribution in [3.8, 4) is 0 Å². The SMILES string of the molecule is CC(C)[C@H](NC(=O)[C@@H]1CCCN1C(=O)[C@@H]1CCCN1)C(=O)N[C@@H](CCC(=O)O)C(=O)N[C@@H](CCC(=O)O)C(=O)N1CCC[C@H]1C(=O)O. The summed E-state index contributed by atoms with van der Waals surface area (Å²) in [7, 11) is 0. The van der Waals surface area contributed by atoms with E-state index in [2.05, 4.69) is 21.3 Å². The molecule has 0 aromatic carbocycles. The van der Waals surface area contributed by atoms with Gasteiger partial charge in [0, 0.05) is 25.9 Å². The average molecular weight is 667 g/mol. The van der Waals surface area contributed by atoms with E-state index in [-0.39, 0.29) is 31.3 Å². The van der Waals surface area contributed by atoms with Crippen molar-refractivity contribution in [1.29, 1.82) is 0 Å². The zero-order chi connectivity index (χ0) is 34.8. The molecule has 0 saturated carbocycles. The number of carboxylic acids is 3. The van der Waals surface area contributed by atoms with E-state index >= 15 is 0 Å². The summed E-state index contributed by atoms with van der Waals surface area (Å²) in [4.78, 5) is 104. The highest BCUT2D eigenvalue weighted by atomic mass is 16.4. The molecule has 0 radical (unpaired) electrons. The summed E-state index contributed by atoms with van der Waals surface area (Å²) < 4.78 is 0. The molecule has 3 saturated heterocycles. The van der Waals surface area contributed by atoms with Crippen molar-refractivity contribution < 1.29 is 53.7 Å². The fraction of sp³-hybridized carbons (Fsp3) is 0.733. The van der Waals surface area contributed by atoms with Crippen LogP contribution in [0.1, 0.15) is 78.1 Å². The third-order valence-electron chi connectivity index (χ3n) is 8.81. The Morgan fingerprint density at radius 3 is 1.85 bits per heavy atom. The predicted molar refractivity (Wildman–Crippen MR) is 163 cm³/mol. The number of carbonyl (C=O) groups is 8. The Morgan fingerprint density at radius 2 is 1.30 bits per heavy atom. The molecule has 6 atom stereocenters. The molecule has 0 spiro atoms. The molecule has 3 rings (SSSR count). The number of amides is 5. The zero-order valence-electron chi connectivity index (χ0n) is 26.7. The summed E-state index contributed by atoms with van der Waals surface area (Å²) >= 11 is 0. The van der Waals surface area contributed by atoms with Crippen LogP contribution >= 0.6 is 0 Å². The highest BCUT2D eigenvalue weighted by Gasteiger charge is 2.41. The zero-order valence-corrected chi connectivity index (χ0v) is 26.7. The largest absolute Gasteiger partial charge is 0.481 e. The first kappa shape index (κ1) is 37.2. The Hall–Kier alpha value is -4.28. The number of nitrogens with one attached hydrogen (secondary N) is 4. The quantitative estimate of drug-likeness (QED) is 0.101. The van der Waals surface area contributed by atoms with Gasteiger partial charge in [-0.2, -0.15) is 0 Å². The second-order valence-corrected chi connectivity index (χ2v) is 12.6. The lowest BCUT2D eigenvalue weighted by molar-refractivity contribution is -0.150. The first-order valence-electron chi connectivity index (χ1n) is 16.1. The molecule has 0 unspecified atom stereocenters. The highest BCUT2D eigenvalue weighted by Crippen LogP contribution is 2.22. The number of nitrogens with zero attached hydrogens (tertiary/aromatic N) is 2. The fourth-order valence-electron chi connectivity index (χ4n) is 6.27. The van der Waals surface area contributed by atoms with Crippen LogP contribution in [-0.4, -0.2) is 128 Å². The smallest absolute Gasteiger partial charge is 0.326 e. The van der Waals surface area contributed by atoms with Crippen molar-refractivity contribution in [2.45, 2.75) is 114 Å². The second-order valence-electron chi connectivity index (χ2n) is 12.6. The molecule has 0 aromatic rings. The van der Waals surface area contributed by atoms with Crippen molar-refractivity contribution in [1.82, 2.24) is 31.1 Å². The van der Waals surface area contributed by atoms with Crippen LogP contribution in [0.5, 0.6) is 0 Å². The molecule has 17 nitrogen and oxygen atoms in total. The molecule has 47 heavy (non-hydrogen) atoms. The predicted octanol–water partition coefficient (Wildman–Crippen LogP) is -1.35. The summed E-state index contributed by atoms with van der Waals surface area (Å²) in [6.07, 6.45) is 1.26. The normalized spacial score (nSPS) is 22.7. The third kappa shape index (κ3) is 10.1. The van der Waals surface area contributed by atoms with Crippen LogP contribution < -0.4 is 21.3 Å². The van der Waals surface area contributed by atoms with Crippen molar-refractivity contribution in [2.75, 3.05) is 19.6 Å². The maximum absolute atomic E-state index is 13.5. The number of carboxylic acid groups (broad SMARTS) is 3. The lowest BCUT2D eigenvalue weighted by atomic mass is 10.0. The van der Waals surface area contributed by atoms with E-state index in [9.17, 15) is 53.7 Å². The molecule has 0 bridgehead atoms. The standard InChI is InChI=1S/C30H46N6O11/c1-16(2)24(34-26(42)20-7-4-14-35(20)28(44)18-6-3-13-31-18)27(43)32-17(9-11-22(37)38)25(41)33-19(10-12-23(39)40)29(45)36-15-5-8-21(36)30(46)47/h16-21,24,31H,3-15H2,1-2H3,(H,32,43)(H,33,41)(H,34,42)(H,37,38)(H,39,40)(H,46,47)/t17-,18-,19-,20-,21-,24-/m0/s1. The molecule has 262 valence electrons. The van der Waals surface area contributed by atoms with Crippen LogP contribution in [0, 0.1) is 5.92 Å². The van der Waals surface area contributed by atoms with E-state index in [4.69, 9.17) is 0 Å². The molecular formula is C30H46N6O11. The lowest BCUT2D eigenvalue weighted by Crippen LogP contribution is -2.60. The van der Waals surface area contributed by atoms with Gasteiger partial charge in [0.05, 0.1) is 6.04 Å². The highest BCUT2D eigenvalue weighted by molar-refractivity contribution is 5.97. The Balaban J connectivity index is 1.74. The maximum Gasteiger partial charge on any atom is 0.326 e. The minimum absolute atomic E-state index is 0.0887. The van der Waals surface area contributed by atoms with Crippen LogP contribution in [0.3, 0.4) is 0 Å².